The lowest BCUT2D eigenvalue weighted by Crippen LogP contribution is -2.27. The van der Waals surface area contributed by atoms with Crippen LogP contribution in [0.1, 0.15) is 72.0 Å². The number of aliphatic imine (C=N–C) groups is 1. The number of benzene rings is 2. The van der Waals surface area contributed by atoms with Crippen LogP contribution in [0.15, 0.2) is 47.5 Å². The molecule has 0 spiro atoms. The van der Waals surface area contributed by atoms with Crippen molar-refractivity contribution in [3.05, 3.63) is 81.2 Å². The number of thiophene rings is 1. The maximum Gasteiger partial charge on any atom is 0.332 e. The molecule has 0 saturated carbocycles. The fourth-order valence-corrected chi connectivity index (χ4v) is 6.82. The van der Waals surface area contributed by atoms with Gasteiger partial charge in [-0.15, -0.1) is 21.5 Å². The van der Waals surface area contributed by atoms with Gasteiger partial charge in [-0.1, -0.05) is 30.3 Å². The van der Waals surface area contributed by atoms with Gasteiger partial charge < -0.3 is 28.8 Å². The summed E-state index contributed by atoms with van der Waals surface area (Å²) in [7, 11) is 0. The standard InChI is InChI=1S/C38H43N5O8S/c1-23-24(2)52-37-34(23)35(40-30(20-32(44)45)36-42-41-25(3)43(36)37)27-9-7-26(8-10-27)28-11-12-31(29(19-28)21-39)50-18-17-48-14-13-47-15-16-49-22-33(46)51-38(4,5)6/h7-12,19,30H,13-18,20,22H2,1-6H3,(H,44,45)/t30-/m0/s1. The van der Waals surface area contributed by atoms with Gasteiger partial charge in [-0.05, 0) is 70.4 Å². The van der Waals surface area contributed by atoms with E-state index >= 15 is 0 Å². The minimum Gasteiger partial charge on any atom is -0.490 e. The summed E-state index contributed by atoms with van der Waals surface area (Å²) in [4.78, 5) is 29.6. The first kappa shape index (κ1) is 38.3. The predicted molar refractivity (Wildman–Crippen MR) is 194 cm³/mol. The summed E-state index contributed by atoms with van der Waals surface area (Å²) in [6.45, 7) is 13.1. The van der Waals surface area contributed by atoms with Crippen molar-refractivity contribution in [2.45, 2.75) is 59.6 Å². The quantitative estimate of drug-likeness (QED) is 0.107. The Morgan fingerprint density at radius 3 is 2.19 bits per heavy atom. The second kappa shape index (κ2) is 17.1. The zero-order chi connectivity index (χ0) is 37.4. The van der Waals surface area contributed by atoms with Crippen molar-refractivity contribution >= 4 is 29.0 Å². The number of carboxylic acids is 1. The highest BCUT2D eigenvalue weighted by molar-refractivity contribution is 7.15. The van der Waals surface area contributed by atoms with E-state index in [0.717, 1.165) is 37.7 Å². The number of hydrogen-bond donors (Lipinski definition) is 1. The van der Waals surface area contributed by atoms with Crippen molar-refractivity contribution in [2.24, 2.45) is 4.99 Å². The SMILES string of the molecule is Cc1sc2c(c1C)C(c1ccc(-c3ccc(OCCOCCOCCOCC(=O)OC(C)(C)C)c(C#N)c3)cc1)=N[C@@H](CC(=O)O)c1nnc(C)n1-2. The van der Waals surface area contributed by atoms with Gasteiger partial charge in [-0.2, -0.15) is 5.26 Å². The van der Waals surface area contributed by atoms with Crippen LogP contribution in [-0.4, -0.2) is 89.4 Å². The van der Waals surface area contributed by atoms with Crippen LogP contribution in [0.4, 0.5) is 0 Å². The van der Waals surface area contributed by atoms with E-state index in [1.165, 1.54) is 0 Å². The number of carbonyl (C=O) groups excluding carboxylic acids is 1. The molecule has 0 saturated heterocycles. The molecule has 1 N–H and O–H groups in total. The van der Waals surface area contributed by atoms with Crippen molar-refractivity contribution in [3.63, 3.8) is 0 Å². The van der Waals surface area contributed by atoms with Crippen LogP contribution in [0.3, 0.4) is 0 Å². The molecule has 3 heterocycles. The molecule has 1 aliphatic rings. The third-order valence-corrected chi connectivity index (χ3v) is 9.26. The number of nitriles is 1. The summed E-state index contributed by atoms with van der Waals surface area (Å²) >= 11 is 1.61. The number of aromatic nitrogens is 3. The summed E-state index contributed by atoms with van der Waals surface area (Å²) in [6.07, 6.45) is -0.214. The van der Waals surface area contributed by atoms with E-state index in [4.69, 9.17) is 28.7 Å². The molecular formula is C38H43N5O8S. The molecule has 0 unspecified atom stereocenters. The van der Waals surface area contributed by atoms with Gasteiger partial charge in [0.05, 0.1) is 50.7 Å². The second-order valence-corrected chi connectivity index (χ2v) is 14.3. The van der Waals surface area contributed by atoms with Crippen molar-refractivity contribution < 1.29 is 38.4 Å². The van der Waals surface area contributed by atoms with Crippen LogP contribution < -0.4 is 4.74 Å². The number of aryl methyl sites for hydroxylation is 2. The largest absolute Gasteiger partial charge is 0.490 e. The highest BCUT2D eigenvalue weighted by Gasteiger charge is 2.32. The lowest BCUT2D eigenvalue weighted by atomic mass is 9.96. The number of rotatable bonds is 16. The van der Waals surface area contributed by atoms with Crippen molar-refractivity contribution in [2.75, 3.05) is 46.2 Å². The van der Waals surface area contributed by atoms with E-state index in [0.29, 0.717) is 55.1 Å². The molecule has 0 bridgehead atoms. The Kier molecular flexibility index (Phi) is 12.6. The highest BCUT2D eigenvalue weighted by Crippen LogP contribution is 2.40. The number of hydrogen-bond acceptors (Lipinski definition) is 12. The molecule has 0 aliphatic carbocycles. The Balaban J connectivity index is 1.17. The first-order valence-corrected chi connectivity index (χ1v) is 17.7. The van der Waals surface area contributed by atoms with Crippen LogP contribution in [0.25, 0.3) is 16.1 Å². The Hall–Kier alpha value is -4.94. The number of fused-ring (bicyclic) bond motifs is 3. The monoisotopic (exact) mass is 729 g/mol. The van der Waals surface area contributed by atoms with Gasteiger partial charge in [0.1, 0.15) is 47.5 Å². The zero-order valence-corrected chi connectivity index (χ0v) is 31.0. The van der Waals surface area contributed by atoms with Gasteiger partial charge in [0.15, 0.2) is 5.82 Å². The maximum atomic E-state index is 11.9. The summed E-state index contributed by atoms with van der Waals surface area (Å²) in [5, 5.41) is 29.1. The normalized spacial score (nSPS) is 13.8. The van der Waals surface area contributed by atoms with Crippen LogP contribution in [0.5, 0.6) is 5.75 Å². The molecule has 274 valence electrons. The van der Waals surface area contributed by atoms with Gasteiger partial charge in [0.25, 0.3) is 0 Å². The van der Waals surface area contributed by atoms with Gasteiger partial charge in [-0.25, -0.2) is 4.79 Å². The topological polar surface area (TPSA) is 167 Å². The number of carboxylic acid groups (broad SMARTS) is 1. The number of nitrogens with zero attached hydrogens (tertiary/aromatic N) is 5. The maximum absolute atomic E-state index is 11.9. The Morgan fingerprint density at radius 1 is 0.904 bits per heavy atom. The molecule has 2 aromatic heterocycles. The average Bonchev–Trinajstić information content (AvgIpc) is 3.57. The van der Waals surface area contributed by atoms with Gasteiger partial charge in [0.2, 0.25) is 0 Å². The molecule has 5 rings (SSSR count). The average molecular weight is 730 g/mol. The smallest absolute Gasteiger partial charge is 0.332 e. The number of ether oxygens (including phenoxy) is 5. The number of esters is 1. The van der Waals surface area contributed by atoms with E-state index < -0.39 is 23.6 Å². The minimum atomic E-state index is -0.968. The van der Waals surface area contributed by atoms with Crippen LogP contribution >= 0.6 is 11.3 Å². The molecule has 1 atom stereocenters. The first-order chi connectivity index (χ1) is 24.9. The fourth-order valence-electron chi connectivity index (χ4n) is 5.61. The summed E-state index contributed by atoms with van der Waals surface area (Å²) in [5.41, 5.74) is 5.16. The Labute approximate surface area is 306 Å². The summed E-state index contributed by atoms with van der Waals surface area (Å²) in [6, 6.07) is 14.8. The number of aliphatic carboxylic acids is 1. The summed E-state index contributed by atoms with van der Waals surface area (Å²) < 4.78 is 29.2. The predicted octanol–water partition coefficient (Wildman–Crippen LogP) is 5.93. The molecule has 2 aromatic carbocycles. The molecule has 14 heteroatoms. The van der Waals surface area contributed by atoms with Crippen molar-refractivity contribution in [1.82, 2.24) is 14.8 Å². The van der Waals surface area contributed by atoms with Crippen molar-refractivity contribution in [3.8, 4) is 27.9 Å². The van der Waals surface area contributed by atoms with Gasteiger partial charge in [-0.3, -0.25) is 14.4 Å². The molecule has 52 heavy (non-hydrogen) atoms. The van der Waals surface area contributed by atoms with Crippen LogP contribution in [0.2, 0.25) is 0 Å². The van der Waals surface area contributed by atoms with E-state index in [1.807, 2.05) is 41.8 Å². The van der Waals surface area contributed by atoms with Crippen LogP contribution in [0, 0.1) is 32.1 Å². The highest BCUT2D eigenvalue weighted by atomic mass is 32.1. The third kappa shape index (κ3) is 9.48. The number of carbonyl (C=O) groups is 2. The van der Waals surface area contributed by atoms with Gasteiger partial charge >= 0.3 is 11.9 Å². The molecule has 0 fully saturated rings. The van der Waals surface area contributed by atoms with E-state index in [2.05, 4.69) is 30.1 Å². The molecule has 0 amide bonds. The second-order valence-electron chi connectivity index (χ2n) is 13.1. The zero-order valence-electron chi connectivity index (χ0n) is 30.2. The first-order valence-electron chi connectivity index (χ1n) is 16.9. The van der Waals surface area contributed by atoms with Gasteiger partial charge in [0, 0.05) is 16.0 Å². The lowest BCUT2D eigenvalue weighted by Gasteiger charge is -2.19. The molecule has 1 aliphatic heterocycles. The Bertz CT molecular complexity index is 1970. The molecule has 13 nitrogen and oxygen atoms in total. The lowest BCUT2D eigenvalue weighted by molar-refractivity contribution is -0.160. The minimum absolute atomic E-state index is 0.122. The van der Waals surface area contributed by atoms with E-state index in [9.17, 15) is 20.0 Å². The third-order valence-electron chi connectivity index (χ3n) is 8.07. The van der Waals surface area contributed by atoms with Crippen LogP contribution in [-0.2, 0) is 28.5 Å². The Morgan fingerprint density at radius 2 is 1.54 bits per heavy atom. The fraction of sp³-hybridized carbons (Fsp3) is 0.421. The molecule has 0 radical (unpaired) electrons. The molecular weight excluding hydrogens is 687 g/mol. The summed E-state index contributed by atoms with van der Waals surface area (Å²) in [5.74, 6) is 0.262. The van der Waals surface area contributed by atoms with E-state index in [1.54, 1.807) is 44.2 Å². The van der Waals surface area contributed by atoms with Crippen molar-refractivity contribution in [1.29, 1.82) is 5.26 Å². The van der Waals surface area contributed by atoms with E-state index in [-0.39, 0.29) is 26.2 Å². The molecule has 4 aromatic rings.